The molecule has 0 saturated carbocycles. The minimum atomic E-state index is -0.264. The molecule has 1 aliphatic heterocycles. The summed E-state index contributed by atoms with van der Waals surface area (Å²) in [4.78, 5) is 28.5. The zero-order valence-corrected chi connectivity index (χ0v) is 14.3. The van der Waals surface area contributed by atoms with Gasteiger partial charge < -0.3 is 10.2 Å². The Morgan fingerprint density at radius 2 is 1.91 bits per heavy atom. The lowest BCUT2D eigenvalue weighted by atomic mass is 10.1. The number of carbonyl (C=O) groups excluding carboxylic acids is 2. The second kappa shape index (κ2) is 8.11. The van der Waals surface area contributed by atoms with E-state index in [0.29, 0.717) is 13.1 Å². The summed E-state index contributed by atoms with van der Waals surface area (Å²) in [6.45, 7) is 6.54. The summed E-state index contributed by atoms with van der Waals surface area (Å²) in [6, 6.07) is 10.0. The highest BCUT2D eigenvalue weighted by atomic mass is 16.2. The number of amides is 2. The SMILES string of the molecule is CNC(=O)C1CN(C(=O)C(C)C)CCN1CCc1ccccc1. The van der Waals surface area contributed by atoms with Crippen molar-refractivity contribution in [3.8, 4) is 0 Å². The molecule has 1 unspecified atom stereocenters. The maximum atomic E-state index is 12.2. The molecule has 0 aliphatic carbocycles. The summed E-state index contributed by atoms with van der Waals surface area (Å²) in [5.41, 5.74) is 1.27. The van der Waals surface area contributed by atoms with E-state index in [0.717, 1.165) is 19.5 Å². The van der Waals surface area contributed by atoms with E-state index in [1.807, 2.05) is 36.9 Å². The van der Waals surface area contributed by atoms with Crippen molar-refractivity contribution in [3.05, 3.63) is 35.9 Å². The van der Waals surface area contributed by atoms with Crippen LogP contribution in [0.1, 0.15) is 19.4 Å². The van der Waals surface area contributed by atoms with Crippen LogP contribution in [0.5, 0.6) is 0 Å². The second-order valence-corrected chi connectivity index (χ2v) is 6.34. The third-order valence-electron chi connectivity index (χ3n) is 4.38. The number of nitrogens with one attached hydrogen (secondary N) is 1. The van der Waals surface area contributed by atoms with Crippen LogP contribution < -0.4 is 5.32 Å². The molecular formula is C18H27N3O2. The molecule has 1 heterocycles. The average Bonchev–Trinajstić information content (AvgIpc) is 2.59. The topological polar surface area (TPSA) is 52.7 Å². The van der Waals surface area contributed by atoms with E-state index >= 15 is 0 Å². The van der Waals surface area contributed by atoms with Gasteiger partial charge in [-0.3, -0.25) is 14.5 Å². The van der Waals surface area contributed by atoms with Gasteiger partial charge in [0.2, 0.25) is 11.8 Å². The van der Waals surface area contributed by atoms with Crippen LogP contribution in [0.3, 0.4) is 0 Å². The zero-order chi connectivity index (χ0) is 16.8. The van der Waals surface area contributed by atoms with E-state index < -0.39 is 0 Å². The van der Waals surface area contributed by atoms with Crippen LogP contribution in [0.25, 0.3) is 0 Å². The first kappa shape index (κ1) is 17.5. The molecule has 2 amide bonds. The minimum Gasteiger partial charge on any atom is -0.358 e. The molecule has 0 radical (unpaired) electrons. The molecule has 1 saturated heterocycles. The number of rotatable bonds is 5. The summed E-state index contributed by atoms with van der Waals surface area (Å²) in [5, 5.41) is 2.73. The lowest BCUT2D eigenvalue weighted by Gasteiger charge is -2.41. The highest BCUT2D eigenvalue weighted by Crippen LogP contribution is 2.14. The molecule has 126 valence electrons. The van der Waals surface area contributed by atoms with Gasteiger partial charge in [-0.15, -0.1) is 0 Å². The van der Waals surface area contributed by atoms with Gasteiger partial charge in [-0.1, -0.05) is 44.2 Å². The monoisotopic (exact) mass is 317 g/mol. The first-order chi connectivity index (χ1) is 11.0. The van der Waals surface area contributed by atoms with E-state index in [9.17, 15) is 9.59 Å². The highest BCUT2D eigenvalue weighted by Gasteiger charge is 2.34. The molecular weight excluding hydrogens is 290 g/mol. The third kappa shape index (κ3) is 4.55. The first-order valence-electron chi connectivity index (χ1n) is 8.31. The van der Waals surface area contributed by atoms with Gasteiger partial charge in [0.15, 0.2) is 0 Å². The van der Waals surface area contributed by atoms with Gasteiger partial charge >= 0.3 is 0 Å². The molecule has 0 aromatic heterocycles. The molecule has 1 N–H and O–H groups in total. The van der Waals surface area contributed by atoms with Crippen LogP contribution in [-0.2, 0) is 16.0 Å². The maximum absolute atomic E-state index is 12.2. The van der Waals surface area contributed by atoms with Crippen LogP contribution in [0, 0.1) is 5.92 Å². The Bertz CT molecular complexity index is 530. The molecule has 5 nitrogen and oxygen atoms in total. The average molecular weight is 317 g/mol. The van der Waals surface area contributed by atoms with Crippen molar-refractivity contribution in [2.45, 2.75) is 26.3 Å². The Morgan fingerprint density at radius 1 is 1.22 bits per heavy atom. The van der Waals surface area contributed by atoms with Gasteiger partial charge in [-0.2, -0.15) is 0 Å². The number of hydrogen-bond donors (Lipinski definition) is 1. The molecule has 1 aromatic carbocycles. The van der Waals surface area contributed by atoms with Crippen molar-refractivity contribution in [1.82, 2.24) is 15.1 Å². The van der Waals surface area contributed by atoms with Crippen LogP contribution in [0.15, 0.2) is 30.3 Å². The molecule has 2 rings (SSSR count). The van der Waals surface area contributed by atoms with E-state index in [-0.39, 0.29) is 23.8 Å². The predicted octanol–water partition coefficient (Wildman–Crippen LogP) is 1.14. The van der Waals surface area contributed by atoms with Gasteiger partial charge in [0, 0.05) is 39.1 Å². The number of likely N-dealkylation sites (N-methyl/N-ethyl adjacent to an activating group) is 1. The molecule has 5 heteroatoms. The molecule has 0 spiro atoms. The van der Waals surface area contributed by atoms with Crippen molar-refractivity contribution in [3.63, 3.8) is 0 Å². The van der Waals surface area contributed by atoms with Gasteiger partial charge in [0.05, 0.1) is 0 Å². The first-order valence-corrected chi connectivity index (χ1v) is 8.31. The van der Waals surface area contributed by atoms with Crippen molar-refractivity contribution in [1.29, 1.82) is 0 Å². The maximum Gasteiger partial charge on any atom is 0.238 e. The Balaban J connectivity index is 2.01. The number of benzene rings is 1. The Labute approximate surface area is 138 Å². The summed E-state index contributed by atoms with van der Waals surface area (Å²) >= 11 is 0. The second-order valence-electron chi connectivity index (χ2n) is 6.34. The molecule has 0 bridgehead atoms. The number of hydrogen-bond acceptors (Lipinski definition) is 3. The molecule has 1 aromatic rings. The molecule has 23 heavy (non-hydrogen) atoms. The molecule has 1 aliphatic rings. The van der Waals surface area contributed by atoms with Crippen molar-refractivity contribution in [2.75, 3.05) is 33.2 Å². The Hall–Kier alpha value is -1.88. The number of carbonyl (C=O) groups is 2. The van der Waals surface area contributed by atoms with Crippen LogP contribution >= 0.6 is 0 Å². The lowest BCUT2D eigenvalue weighted by Crippen LogP contribution is -2.60. The van der Waals surface area contributed by atoms with Gasteiger partial charge in [-0.05, 0) is 12.0 Å². The quantitative estimate of drug-likeness (QED) is 0.886. The smallest absolute Gasteiger partial charge is 0.238 e. The largest absolute Gasteiger partial charge is 0.358 e. The van der Waals surface area contributed by atoms with E-state index in [4.69, 9.17) is 0 Å². The van der Waals surface area contributed by atoms with E-state index in [1.165, 1.54) is 5.56 Å². The third-order valence-corrected chi connectivity index (χ3v) is 4.38. The molecule has 1 fully saturated rings. The Morgan fingerprint density at radius 3 is 2.52 bits per heavy atom. The van der Waals surface area contributed by atoms with Crippen LogP contribution in [-0.4, -0.2) is 60.9 Å². The zero-order valence-electron chi connectivity index (χ0n) is 14.3. The fourth-order valence-corrected chi connectivity index (χ4v) is 2.99. The standard InChI is InChI=1S/C18H27N3O2/c1-14(2)18(23)21-12-11-20(16(13-21)17(22)19-3)10-9-15-7-5-4-6-8-15/h4-8,14,16H,9-13H2,1-3H3,(H,19,22). The van der Waals surface area contributed by atoms with Gasteiger partial charge in [0.25, 0.3) is 0 Å². The highest BCUT2D eigenvalue weighted by molar-refractivity contribution is 5.84. The summed E-state index contributed by atoms with van der Waals surface area (Å²) in [6.07, 6.45) is 0.909. The summed E-state index contributed by atoms with van der Waals surface area (Å²) in [5.74, 6) is 0.0807. The van der Waals surface area contributed by atoms with Crippen molar-refractivity contribution >= 4 is 11.8 Å². The normalized spacial score (nSPS) is 19.0. The Kier molecular flexibility index (Phi) is 6.16. The van der Waals surface area contributed by atoms with E-state index in [2.05, 4.69) is 22.3 Å². The van der Waals surface area contributed by atoms with Crippen LogP contribution in [0.2, 0.25) is 0 Å². The summed E-state index contributed by atoms with van der Waals surface area (Å²) in [7, 11) is 1.65. The molecule has 1 atom stereocenters. The van der Waals surface area contributed by atoms with Gasteiger partial charge in [0.1, 0.15) is 6.04 Å². The van der Waals surface area contributed by atoms with Crippen molar-refractivity contribution in [2.24, 2.45) is 5.92 Å². The summed E-state index contributed by atoms with van der Waals surface area (Å²) < 4.78 is 0. The number of nitrogens with zero attached hydrogens (tertiary/aromatic N) is 2. The predicted molar refractivity (Wildman–Crippen MR) is 91.0 cm³/mol. The fraction of sp³-hybridized carbons (Fsp3) is 0.556. The van der Waals surface area contributed by atoms with Crippen LogP contribution in [0.4, 0.5) is 0 Å². The van der Waals surface area contributed by atoms with Gasteiger partial charge in [-0.25, -0.2) is 0 Å². The lowest BCUT2D eigenvalue weighted by molar-refractivity contribution is -0.140. The number of piperazine rings is 1. The van der Waals surface area contributed by atoms with Crippen molar-refractivity contribution < 1.29 is 9.59 Å². The fourth-order valence-electron chi connectivity index (χ4n) is 2.99. The minimum absolute atomic E-state index is 0.0145. The van der Waals surface area contributed by atoms with E-state index in [1.54, 1.807) is 7.05 Å².